The summed E-state index contributed by atoms with van der Waals surface area (Å²) in [5.41, 5.74) is -1.05. The first-order chi connectivity index (χ1) is 12.6. The van der Waals surface area contributed by atoms with Crippen molar-refractivity contribution in [1.82, 2.24) is 0 Å². The summed E-state index contributed by atoms with van der Waals surface area (Å²) in [4.78, 5) is 25.3. The maximum atomic E-state index is 12.7. The van der Waals surface area contributed by atoms with Crippen LogP contribution in [-0.2, 0) is 19.1 Å². The second kappa shape index (κ2) is 6.86. The molecule has 0 aromatic heterocycles. The Balaban J connectivity index is 1.23. The first-order valence-electron chi connectivity index (χ1n) is 10.3. The van der Waals surface area contributed by atoms with Gasteiger partial charge < -0.3 is 9.47 Å². The molecule has 0 radical (unpaired) electrons. The largest absolute Gasteiger partial charge is 0.465 e. The van der Waals surface area contributed by atoms with E-state index in [-0.39, 0.29) is 28.2 Å². The van der Waals surface area contributed by atoms with E-state index in [4.69, 9.17) is 9.47 Å². The number of carbonyl (C=O) groups is 2. The highest BCUT2D eigenvalue weighted by Gasteiger charge is 2.53. The van der Waals surface area contributed by atoms with Gasteiger partial charge in [0.25, 0.3) is 0 Å². The molecule has 4 rings (SSSR count). The van der Waals surface area contributed by atoms with Gasteiger partial charge in [-0.3, -0.25) is 9.59 Å². The van der Waals surface area contributed by atoms with Gasteiger partial charge in [-0.1, -0.05) is 13.8 Å². The zero-order valence-corrected chi connectivity index (χ0v) is 18.5. The number of hydrogen-bond acceptors (Lipinski definition) is 6. The van der Waals surface area contributed by atoms with Crippen molar-refractivity contribution in [1.29, 1.82) is 0 Å². The average molecular weight is 413 g/mol. The average Bonchev–Trinajstić information content (AvgIpc) is 3.51. The molecule has 27 heavy (non-hydrogen) atoms. The minimum atomic E-state index is -0.366. The highest BCUT2D eigenvalue weighted by atomic mass is 32.2. The number of hydrogen-bond donors (Lipinski definition) is 0. The molecule has 2 aliphatic carbocycles. The number of thioether (sulfide) groups is 2. The number of esters is 2. The van der Waals surface area contributed by atoms with Gasteiger partial charge >= 0.3 is 11.9 Å². The van der Waals surface area contributed by atoms with Crippen LogP contribution < -0.4 is 0 Å². The van der Waals surface area contributed by atoms with Crippen LogP contribution in [-0.4, -0.2) is 46.2 Å². The summed E-state index contributed by atoms with van der Waals surface area (Å²) >= 11 is 4.01. The van der Waals surface area contributed by atoms with Gasteiger partial charge in [-0.05, 0) is 52.4 Å². The molecule has 2 heterocycles. The summed E-state index contributed by atoms with van der Waals surface area (Å²) < 4.78 is 11.4. The third-order valence-electron chi connectivity index (χ3n) is 6.81. The Hall–Kier alpha value is -0.360. The van der Waals surface area contributed by atoms with Gasteiger partial charge in [0.2, 0.25) is 0 Å². The molecular weight excluding hydrogens is 380 g/mol. The molecule has 2 aliphatic heterocycles. The summed E-state index contributed by atoms with van der Waals surface area (Å²) in [7, 11) is 0. The SMILES string of the molecule is CC(C)(COC(=O)C1(C)CCC2SC2C1)COC(=O)C1(C)CCC2SC2C1. The molecule has 4 fully saturated rings. The van der Waals surface area contributed by atoms with E-state index in [9.17, 15) is 9.59 Å². The Kier molecular flexibility index (Phi) is 5.06. The minimum Gasteiger partial charge on any atom is -0.465 e. The molecule has 6 heteroatoms. The van der Waals surface area contributed by atoms with Gasteiger partial charge in [-0.15, -0.1) is 0 Å². The van der Waals surface area contributed by atoms with Gasteiger partial charge in [0, 0.05) is 26.4 Å². The van der Waals surface area contributed by atoms with Crippen molar-refractivity contribution in [3.8, 4) is 0 Å². The van der Waals surface area contributed by atoms with Gasteiger partial charge in [0.05, 0.1) is 24.0 Å². The normalized spacial score (nSPS) is 42.5. The zero-order valence-electron chi connectivity index (χ0n) is 16.9. The Morgan fingerprint density at radius 1 is 0.852 bits per heavy atom. The number of fused-ring (bicyclic) bond motifs is 2. The third kappa shape index (κ3) is 4.31. The molecule has 0 bridgehead atoms. The lowest BCUT2D eigenvalue weighted by Gasteiger charge is -2.33. The summed E-state index contributed by atoms with van der Waals surface area (Å²) in [5.74, 6) is -0.159. The van der Waals surface area contributed by atoms with Gasteiger partial charge in [0.1, 0.15) is 0 Å². The van der Waals surface area contributed by atoms with Gasteiger partial charge in [0.15, 0.2) is 0 Å². The third-order valence-corrected chi connectivity index (χ3v) is 9.70. The van der Waals surface area contributed by atoms with Crippen LogP contribution >= 0.6 is 23.5 Å². The van der Waals surface area contributed by atoms with E-state index in [1.165, 1.54) is 0 Å². The standard InChI is InChI=1S/C21H32O4S2/c1-19(2,11-24-17(22)20(3)7-5-13-15(9-20)26-13)12-25-18(23)21(4)8-6-14-16(10-21)27-14/h13-16H,5-12H2,1-4H3. The number of carbonyl (C=O) groups excluding carboxylic acids is 2. The fourth-order valence-corrected chi connectivity index (χ4v) is 7.14. The molecule has 6 unspecified atom stereocenters. The maximum absolute atomic E-state index is 12.7. The topological polar surface area (TPSA) is 52.6 Å². The van der Waals surface area contributed by atoms with Crippen LogP contribution in [0.2, 0.25) is 0 Å². The van der Waals surface area contributed by atoms with E-state index in [1.54, 1.807) is 0 Å². The van der Waals surface area contributed by atoms with Crippen LogP contribution in [0.1, 0.15) is 66.2 Å². The highest BCUT2D eigenvalue weighted by molar-refractivity contribution is 8.08. The summed E-state index contributed by atoms with van der Waals surface area (Å²) in [6, 6.07) is 0. The fourth-order valence-electron chi connectivity index (χ4n) is 4.52. The minimum absolute atomic E-state index is 0.0797. The number of rotatable bonds is 6. The van der Waals surface area contributed by atoms with Crippen LogP contribution in [0.4, 0.5) is 0 Å². The van der Waals surface area contributed by atoms with Crippen molar-refractivity contribution in [2.75, 3.05) is 13.2 Å². The van der Waals surface area contributed by atoms with Crippen LogP contribution in [0.15, 0.2) is 0 Å². The monoisotopic (exact) mass is 412 g/mol. The van der Waals surface area contributed by atoms with Crippen LogP contribution in [0, 0.1) is 16.2 Å². The van der Waals surface area contributed by atoms with Crippen molar-refractivity contribution >= 4 is 35.5 Å². The van der Waals surface area contributed by atoms with Gasteiger partial charge in [-0.2, -0.15) is 23.5 Å². The molecular formula is C21H32O4S2. The molecule has 0 aromatic carbocycles. The smallest absolute Gasteiger partial charge is 0.311 e. The molecule has 2 saturated heterocycles. The highest BCUT2D eigenvalue weighted by Crippen LogP contribution is 2.57. The second-order valence-corrected chi connectivity index (χ2v) is 13.3. The summed E-state index contributed by atoms with van der Waals surface area (Å²) in [5, 5.41) is 2.89. The quantitative estimate of drug-likeness (QED) is 0.475. The number of ether oxygens (including phenoxy) is 2. The molecule has 4 nitrogen and oxygen atoms in total. The van der Waals surface area contributed by atoms with Crippen molar-refractivity contribution in [3.05, 3.63) is 0 Å². The van der Waals surface area contributed by atoms with E-state index in [2.05, 4.69) is 0 Å². The van der Waals surface area contributed by atoms with E-state index in [1.807, 2.05) is 51.2 Å². The van der Waals surface area contributed by atoms with Crippen LogP contribution in [0.3, 0.4) is 0 Å². The first-order valence-corrected chi connectivity index (χ1v) is 12.1. The van der Waals surface area contributed by atoms with E-state index in [0.717, 1.165) is 49.0 Å². The zero-order chi connectivity index (χ0) is 19.4. The fraction of sp³-hybridized carbons (Fsp3) is 0.905. The molecule has 2 saturated carbocycles. The lowest BCUT2D eigenvalue weighted by Crippen LogP contribution is -2.39. The predicted molar refractivity (Wildman–Crippen MR) is 110 cm³/mol. The molecule has 0 amide bonds. The van der Waals surface area contributed by atoms with Crippen molar-refractivity contribution in [2.24, 2.45) is 16.2 Å². The van der Waals surface area contributed by atoms with Gasteiger partial charge in [-0.25, -0.2) is 0 Å². The van der Waals surface area contributed by atoms with E-state index < -0.39 is 0 Å². The summed E-state index contributed by atoms with van der Waals surface area (Å²) in [6.07, 6.45) is 5.98. The Morgan fingerprint density at radius 2 is 1.26 bits per heavy atom. The van der Waals surface area contributed by atoms with E-state index in [0.29, 0.717) is 23.7 Å². The maximum Gasteiger partial charge on any atom is 0.311 e. The second-order valence-electron chi connectivity index (χ2n) is 10.3. The molecule has 0 spiro atoms. The molecule has 0 N–H and O–H groups in total. The molecule has 6 atom stereocenters. The molecule has 4 aliphatic rings. The summed E-state index contributed by atoms with van der Waals surface area (Å²) in [6.45, 7) is 8.69. The lowest BCUT2D eigenvalue weighted by atomic mass is 9.76. The van der Waals surface area contributed by atoms with Crippen molar-refractivity contribution in [2.45, 2.75) is 87.2 Å². The lowest BCUT2D eigenvalue weighted by molar-refractivity contribution is -0.166. The van der Waals surface area contributed by atoms with Crippen LogP contribution in [0.5, 0.6) is 0 Å². The first kappa shape index (κ1) is 19.9. The predicted octanol–water partition coefficient (Wildman–Crippen LogP) is 4.45. The Labute approximate surface area is 171 Å². The molecule has 152 valence electrons. The Bertz CT molecular complexity index is 584. The van der Waals surface area contributed by atoms with Crippen molar-refractivity contribution in [3.63, 3.8) is 0 Å². The molecule has 0 aromatic rings. The van der Waals surface area contributed by atoms with Crippen LogP contribution in [0.25, 0.3) is 0 Å². The van der Waals surface area contributed by atoms with E-state index >= 15 is 0 Å². The van der Waals surface area contributed by atoms with Crippen molar-refractivity contribution < 1.29 is 19.1 Å². The Morgan fingerprint density at radius 3 is 1.63 bits per heavy atom.